The van der Waals surface area contributed by atoms with Crippen molar-refractivity contribution in [1.82, 2.24) is 10.2 Å². The minimum absolute atomic E-state index is 0.108. The Morgan fingerprint density at radius 3 is 3.00 bits per heavy atom. The molecule has 0 spiro atoms. The average molecular weight is 261 g/mol. The van der Waals surface area contributed by atoms with Gasteiger partial charge in [0.1, 0.15) is 0 Å². The summed E-state index contributed by atoms with van der Waals surface area (Å²) in [6, 6.07) is 6.30. The van der Waals surface area contributed by atoms with Crippen molar-refractivity contribution in [3.63, 3.8) is 0 Å². The lowest BCUT2D eigenvalue weighted by molar-refractivity contribution is -0.115. The third-order valence-electron chi connectivity index (χ3n) is 3.54. The molecule has 1 aliphatic rings. The Balaban J connectivity index is 1.80. The Labute approximate surface area is 115 Å². The third kappa shape index (κ3) is 4.04. The second kappa shape index (κ2) is 6.68. The molecule has 2 rings (SSSR count). The van der Waals surface area contributed by atoms with E-state index in [-0.39, 0.29) is 5.91 Å². The Kier molecular flexibility index (Phi) is 4.93. The molecule has 1 aliphatic heterocycles. The Hall–Kier alpha value is -1.39. The first-order chi connectivity index (χ1) is 9.19. The lowest BCUT2D eigenvalue weighted by Gasteiger charge is -2.16. The molecule has 0 atom stereocenters. The first-order valence-corrected chi connectivity index (χ1v) is 6.94. The number of anilines is 1. The highest BCUT2D eigenvalue weighted by Crippen LogP contribution is 2.23. The van der Waals surface area contributed by atoms with Gasteiger partial charge < -0.3 is 15.5 Å². The fraction of sp³-hybridized carbons (Fsp3) is 0.533. The van der Waals surface area contributed by atoms with Gasteiger partial charge in [0.2, 0.25) is 5.91 Å². The van der Waals surface area contributed by atoms with Crippen molar-refractivity contribution in [2.75, 3.05) is 39.0 Å². The Morgan fingerprint density at radius 1 is 1.37 bits per heavy atom. The van der Waals surface area contributed by atoms with Crippen molar-refractivity contribution in [3.05, 3.63) is 29.3 Å². The second-order valence-electron chi connectivity index (χ2n) is 5.23. The largest absolute Gasteiger partial charge is 0.326 e. The van der Waals surface area contributed by atoms with E-state index in [1.54, 1.807) is 0 Å². The molecule has 4 heteroatoms. The second-order valence-corrected chi connectivity index (χ2v) is 5.23. The summed E-state index contributed by atoms with van der Waals surface area (Å²) in [4.78, 5) is 13.7. The number of carbonyl (C=O) groups is 1. The van der Waals surface area contributed by atoms with E-state index >= 15 is 0 Å². The van der Waals surface area contributed by atoms with E-state index in [4.69, 9.17) is 0 Å². The standard InChI is InChI=1S/C15H23N3O/c1-16-7-3-8-18(2)9-6-12-4-5-14-13(10-12)11-15(19)17-14/h4-5,10,16H,3,6-9,11H2,1-2H3,(H,17,19). The molecule has 0 unspecified atom stereocenters. The SMILES string of the molecule is CNCCCN(C)CCc1ccc2c(c1)CC(=O)N2. The van der Waals surface area contributed by atoms with Crippen molar-refractivity contribution in [2.45, 2.75) is 19.3 Å². The van der Waals surface area contributed by atoms with Gasteiger partial charge in [0.15, 0.2) is 0 Å². The summed E-state index contributed by atoms with van der Waals surface area (Å²) in [6.07, 6.45) is 2.74. The zero-order valence-corrected chi connectivity index (χ0v) is 11.8. The predicted molar refractivity (Wildman–Crippen MR) is 78.5 cm³/mol. The van der Waals surface area contributed by atoms with Crippen LogP contribution >= 0.6 is 0 Å². The first kappa shape index (κ1) is 14.0. The molecule has 4 nitrogen and oxygen atoms in total. The van der Waals surface area contributed by atoms with Gasteiger partial charge in [-0.15, -0.1) is 0 Å². The van der Waals surface area contributed by atoms with E-state index in [1.165, 1.54) is 12.0 Å². The van der Waals surface area contributed by atoms with Crippen molar-refractivity contribution < 1.29 is 4.79 Å². The molecule has 1 aromatic carbocycles. The lowest BCUT2D eigenvalue weighted by Crippen LogP contribution is -2.25. The topological polar surface area (TPSA) is 44.4 Å². The number of rotatable bonds is 7. The van der Waals surface area contributed by atoms with Crippen LogP contribution in [0.1, 0.15) is 17.5 Å². The maximum atomic E-state index is 11.3. The van der Waals surface area contributed by atoms with Crippen LogP contribution in [0.4, 0.5) is 5.69 Å². The van der Waals surface area contributed by atoms with Gasteiger partial charge in [-0.2, -0.15) is 0 Å². The molecule has 1 heterocycles. The number of hydrogen-bond donors (Lipinski definition) is 2. The number of benzene rings is 1. The van der Waals surface area contributed by atoms with Gasteiger partial charge in [-0.25, -0.2) is 0 Å². The van der Waals surface area contributed by atoms with Gasteiger partial charge in [-0.1, -0.05) is 12.1 Å². The Bertz CT molecular complexity index is 445. The lowest BCUT2D eigenvalue weighted by atomic mass is 10.1. The number of carbonyl (C=O) groups excluding carboxylic acids is 1. The van der Waals surface area contributed by atoms with E-state index in [9.17, 15) is 4.79 Å². The molecular weight excluding hydrogens is 238 g/mol. The zero-order chi connectivity index (χ0) is 13.7. The van der Waals surface area contributed by atoms with E-state index in [0.29, 0.717) is 6.42 Å². The minimum atomic E-state index is 0.108. The van der Waals surface area contributed by atoms with Crippen LogP contribution in [0.3, 0.4) is 0 Å². The Morgan fingerprint density at radius 2 is 2.21 bits per heavy atom. The van der Waals surface area contributed by atoms with Crippen LogP contribution in [-0.2, 0) is 17.6 Å². The third-order valence-corrected chi connectivity index (χ3v) is 3.54. The quantitative estimate of drug-likeness (QED) is 0.726. The fourth-order valence-electron chi connectivity index (χ4n) is 2.40. The van der Waals surface area contributed by atoms with Crippen molar-refractivity contribution >= 4 is 11.6 Å². The summed E-state index contributed by atoms with van der Waals surface area (Å²) in [5.41, 5.74) is 3.44. The highest BCUT2D eigenvalue weighted by Gasteiger charge is 2.17. The summed E-state index contributed by atoms with van der Waals surface area (Å²) in [7, 11) is 4.15. The molecule has 0 radical (unpaired) electrons. The van der Waals surface area contributed by atoms with Gasteiger partial charge in [0.25, 0.3) is 0 Å². The molecule has 0 saturated heterocycles. The van der Waals surface area contributed by atoms with Gasteiger partial charge in [-0.05, 0) is 57.2 Å². The van der Waals surface area contributed by atoms with E-state index < -0.39 is 0 Å². The van der Waals surface area contributed by atoms with Crippen LogP contribution in [0.5, 0.6) is 0 Å². The van der Waals surface area contributed by atoms with E-state index in [0.717, 1.165) is 37.3 Å². The number of nitrogens with zero attached hydrogens (tertiary/aromatic N) is 1. The molecule has 0 aliphatic carbocycles. The summed E-state index contributed by atoms with van der Waals surface area (Å²) in [5, 5.41) is 6.03. The van der Waals surface area contributed by atoms with Crippen molar-refractivity contribution in [1.29, 1.82) is 0 Å². The molecule has 0 fully saturated rings. The summed E-state index contributed by atoms with van der Waals surface area (Å²) in [6.45, 7) is 3.24. The summed E-state index contributed by atoms with van der Waals surface area (Å²) < 4.78 is 0. The molecular formula is C15H23N3O. The van der Waals surface area contributed by atoms with Crippen molar-refractivity contribution in [3.8, 4) is 0 Å². The predicted octanol–water partition coefficient (Wildman–Crippen LogP) is 1.26. The monoisotopic (exact) mass is 261 g/mol. The minimum Gasteiger partial charge on any atom is -0.326 e. The number of nitrogens with one attached hydrogen (secondary N) is 2. The maximum absolute atomic E-state index is 11.3. The zero-order valence-electron chi connectivity index (χ0n) is 11.8. The molecule has 19 heavy (non-hydrogen) atoms. The molecule has 2 N–H and O–H groups in total. The van der Waals surface area contributed by atoms with Crippen LogP contribution < -0.4 is 10.6 Å². The number of likely N-dealkylation sites (N-methyl/N-ethyl adjacent to an activating group) is 1. The average Bonchev–Trinajstić information content (AvgIpc) is 2.76. The molecule has 1 amide bonds. The van der Waals surface area contributed by atoms with E-state index in [1.807, 2.05) is 13.1 Å². The first-order valence-electron chi connectivity index (χ1n) is 6.94. The van der Waals surface area contributed by atoms with Crippen LogP contribution in [0, 0.1) is 0 Å². The van der Waals surface area contributed by atoms with Crippen LogP contribution in [-0.4, -0.2) is 44.5 Å². The molecule has 104 valence electrons. The highest BCUT2D eigenvalue weighted by molar-refractivity contribution is 5.99. The normalized spacial score (nSPS) is 13.7. The molecule has 0 aromatic heterocycles. The molecule has 0 bridgehead atoms. The number of amides is 1. The highest BCUT2D eigenvalue weighted by atomic mass is 16.1. The van der Waals surface area contributed by atoms with Gasteiger partial charge in [0.05, 0.1) is 6.42 Å². The van der Waals surface area contributed by atoms with E-state index in [2.05, 4.69) is 34.7 Å². The van der Waals surface area contributed by atoms with Crippen LogP contribution in [0.25, 0.3) is 0 Å². The molecule has 1 aromatic rings. The van der Waals surface area contributed by atoms with Gasteiger partial charge >= 0.3 is 0 Å². The smallest absolute Gasteiger partial charge is 0.228 e. The molecule has 0 saturated carbocycles. The summed E-state index contributed by atoms with van der Waals surface area (Å²) in [5.74, 6) is 0.108. The van der Waals surface area contributed by atoms with Gasteiger partial charge in [-0.3, -0.25) is 4.79 Å². The van der Waals surface area contributed by atoms with Crippen LogP contribution in [0.2, 0.25) is 0 Å². The summed E-state index contributed by atoms with van der Waals surface area (Å²) >= 11 is 0. The van der Waals surface area contributed by atoms with Gasteiger partial charge in [0, 0.05) is 12.2 Å². The fourth-order valence-corrected chi connectivity index (χ4v) is 2.40. The number of fused-ring (bicyclic) bond motifs is 1. The van der Waals surface area contributed by atoms with Crippen LogP contribution in [0.15, 0.2) is 18.2 Å². The maximum Gasteiger partial charge on any atom is 0.228 e. The number of hydrogen-bond acceptors (Lipinski definition) is 3. The van der Waals surface area contributed by atoms with Crippen molar-refractivity contribution in [2.24, 2.45) is 0 Å².